The molecule has 2 fully saturated rings. The van der Waals surface area contributed by atoms with Crippen LogP contribution in [0.4, 0.5) is 5.82 Å². The summed E-state index contributed by atoms with van der Waals surface area (Å²) in [6, 6.07) is 1.96. The number of aromatic amines is 1. The van der Waals surface area contributed by atoms with E-state index >= 15 is 0 Å². The fourth-order valence-corrected chi connectivity index (χ4v) is 2.63. The van der Waals surface area contributed by atoms with Crippen LogP contribution in [0.15, 0.2) is 10.9 Å². The molecule has 0 saturated heterocycles. The van der Waals surface area contributed by atoms with Gasteiger partial charge < -0.3 is 16.0 Å². The molecule has 2 atom stereocenters. The Hall–Kier alpha value is -1.36. The van der Waals surface area contributed by atoms with Crippen molar-refractivity contribution in [2.75, 3.05) is 5.32 Å². The van der Waals surface area contributed by atoms with Gasteiger partial charge in [0.05, 0.1) is 0 Å². The molecule has 2 saturated carbocycles. The Labute approximate surface area is 106 Å². The second-order valence-electron chi connectivity index (χ2n) is 5.49. The summed E-state index contributed by atoms with van der Waals surface area (Å²) in [5, 5.41) is 3.34. The minimum Gasteiger partial charge on any atom is -0.366 e. The summed E-state index contributed by atoms with van der Waals surface area (Å²) in [5.74, 6) is 1.97. The average molecular weight is 248 g/mol. The number of hydrogen-bond donors (Lipinski definition) is 3. The molecule has 98 valence electrons. The molecule has 5 heteroatoms. The van der Waals surface area contributed by atoms with Crippen LogP contribution in [0.1, 0.15) is 50.3 Å². The molecule has 2 unspecified atom stereocenters. The first kappa shape index (κ1) is 11.7. The predicted octanol–water partition coefficient (Wildman–Crippen LogP) is 1.33. The van der Waals surface area contributed by atoms with Crippen molar-refractivity contribution in [1.82, 2.24) is 9.97 Å². The monoisotopic (exact) mass is 248 g/mol. The summed E-state index contributed by atoms with van der Waals surface area (Å²) in [6.45, 7) is 0. The maximum absolute atomic E-state index is 11.6. The molecule has 5 nitrogen and oxygen atoms in total. The van der Waals surface area contributed by atoms with E-state index in [1.165, 1.54) is 18.9 Å². The molecular formula is C13H20N4O. The van der Waals surface area contributed by atoms with Crippen LogP contribution in [0, 0.1) is 0 Å². The van der Waals surface area contributed by atoms with E-state index in [1.807, 2.05) is 0 Å². The molecule has 1 aromatic rings. The molecule has 0 spiro atoms. The van der Waals surface area contributed by atoms with Gasteiger partial charge in [0.1, 0.15) is 11.6 Å². The first-order chi connectivity index (χ1) is 8.72. The summed E-state index contributed by atoms with van der Waals surface area (Å²) in [6.07, 6.45) is 6.79. The zero-order valence-electron chi connectivity index (χ0n) is 10.5. The van der Waals surface area contributed by atoms with Gasteiger partial charge in [-0.05, 0) is 25.7 Å². The van der Waals surface area contributed by atoms with Crippen molar-refractivity contribution in [2.24, 2.45) is 5.73 Å². The molecule has 3 rings (SSSR count). The van der Waals surface area contributed by atoms with Gasteiger partial charge in [0.2, 0.25) is 0 Å². The van der Waals surface area contributed by atoms with Gasteiger partial charge in [-0.3, -0.25) is 4.79 Å². The zero-order valence-corrected chi connectivity index (χ0v) is 10.5. The van der Waals surface area contributed by atoms with Crippen LogP contribution in [-0.4, -0.2) is 22.1 Å². The Balaban J connectivity index is 1.76. The summed E-state index contributed by atoms with van der Waals surface area (Å²) in [4.78, 5) is 18.9. The first-order valence-corrected chi connectivity index (χ1v) is 6.86. The topological polar surface area (TPSA) is 83.8 Å². The van der Waals surface area contributed by atoms with Crippen molar-refractivity contribution in [3.63, 3.8) is 0 Å². The highest BCUT2D eigenvalue weighted by molar-refractivity contribution is 5.36. The van der Waals surface area contributed by atoms with Crippen molar-refractivity contribution in [3.05, 3.63) is 22.2 Å². The number of aromatic nitrogens is 2. The van der Waals surface area contributed by atoms with Crippen molar-refractivity contribution in [2.45, 2.75) is 56.5 Å². The number of anilines is 1. The standard InChI is InChI=1S/C13H20N4O/c14-9-3-1-2-4-10(9)15-11-7-12(18)17-13(16-11)8-5-6-8/h7-10H,1-6,14H2,(H2,15,16,17,18). The number of hydrogen-bond acceptors (Lipinski definition) is 4. The second-order valence-corrected chi connectivity index (χ2v) is 5.49. The quantitative estimate of drug-likeness (QED) is 0.753. The normalized spacial score (nSPS) is 28.1. The Kier molecular flexibility index (Phi) is 3.07. The number of nitrogens with one attached hydrogen (secondary N) is 2. The Morgan fingerprint density at radius 2 is 2.06 bits per heavy atom. The molecule has 2 aliphatic rings. The lowest BCUT2D eigenvalue weighted by molar-refractivity contribution is 0.403. The molecule has 0 aliphatic heterocycles. The van der Waals surface area contributed by atoms with Crippen LogP contribution in [-0.2, 0) is 0 Å². The molecule has 0 radical (unpaired) electrons. The maximum Gasteiger partial charge on any atom is 0.252 e. The van der Waals surface area contributed by atoms with Crippen molar-refractivity contribution >= 4 is 5.82 Å². The molecule has 0 aromatic carbocycles. The summed E-state index contributed by atoms with van der Waals surface area (Å²) in [5.41, 5.74) is 6.03. The minimum absolute atomic E-state index is 0.0706. The maximum atomic E-state index is 11.6. The van der Waals surface area contributed by atoms with E-state index in [4.69, 9.17) is 5.73 Å². The van der Waals surface area contributed by atoms with E-state index in [2.05, 4.69) is 15.3 Å². The first-order valence-electron chi connectivity index (χ1n) is 6.86. The second kappa shape index (κ2) is 4.72. The number of rotatable bonds is 3. The van der Waals surface area contributed by atoms with Crippen molar-refractivity contribution < 1.29 is 0 Å². The highest BCUT2D eigenvalue weighted by Gasteiger charge is 2.27. The summed E-state index contributed by atoms with van der Waals surface area (Å²) in [7, 11) is 0. The van der Waals surface area contributed by atoms with Gasteiger partial charge in [0.25, 0.3) is 5.56 Å². The van der Waals surface area contributed by atoms with E-state index in [1.54, 1.807) is 0 Å². The fourth-order valence-electron chi connectivity index (χ4n) is 2.63. The smallest absolute Gasteiger partial charge is 0.252 e. The Morgan fingerprint density at radius 3 is 2.78 bits per heavy atom. The van der Waals surface area contributed by atoms with E-state index in [0.29, 0.717) is 11.7 Å². The van der Waals surface area contributed by atoms with Gasteiger partial charge in [-0.2, -0.15) is 0 Å². The number of H-pyrrole nitrogens is 1. The molecule has 18 heavy (non-hydrogen) atoms. The highest BCUT2D eigenvalue weighted by Crippen LogP contribution is 2.37. The van der Waals surface area contributed by atoms with Crippen molar-refractivity contribution in [3.8, 4) is 0 Å². The SMILES string of the molecule is NC1CCCCC1Nc1cc(=O)[nH]c(C2CC2)n1. The molecule has 1 aromatic heterocycles. The van der Waals surface area contributed by atoms with Gasteiger partial charge in [-0.15, -0.1) is 0 Å². The molecule has 4 N–H and O–H groups in total. The van der Waals surface area contributed by atoms with E-state index < -0.39 is 0 Å². The van der Waals surface area contributed by atoms with Crippen LogP contribution in [0.3, 0.4) is 0 Å². The zero-order chi connectivity index (χ0) is 12.5. The van der Waals surface area contributed by atoms with Gasteiger partial charge in [-0.25, -0.2) is 4.98 Å². The van der Waals surface area contributed by atoms with Crippen LogP contribution in [0.2, 0.25) is 0 Å². The summed E-state index contributed by atoms with van der Waals surface area (Å²) >= 11 is 0. The molecule has 0 bridgehead atoms. The molecular weight excluding hydrogens is 228 g/mol. The lowest BCUT2D eigenvalue weighted by Crippen LogP contribution is -2.43. The fraction of sp³-hybridized carbons (Fsp3) is 0.692. The lowest BCUT2D eigenvalue weighted by Gasteiger charge is -2.29. The average Bonchev–Trinajstić information content (AvgIpc) is 3.15. The van der Waals surface area contributed by atoms with E-state index in [9.17, 15) is 4.79 Å². The van der Waals surface area contributed by atoms with Crippen LogP contribution < -0.4 is 16.6 Å². The number of nitrogens with two attached hydrogens (primary N) is 1. The van der Waals surface area contributed by atoms with Gasteiger partial charge in [-0.1, -0.05) is 12.8 Å². The molecule has 0 amide bonds. The van der Waals surface area contributed by atoms with Crippen molar-refractivity contribution in [1.29, 1.82) is 0 Å². The minimum atomic E-state index is -0.0706. The van der Waals surface area contributed by atoms with Crippen LogP contribution in [0.5, 0.6) is 0 Å². The predicted molar refractivity (Wildman–Crippen MR) is 70.7 cm³/mol. The van der Waals surface area contributed by atoms with Gasteiger partial charge in [0, 0.05) is 24.1 Å². The lowest BCUT2D eigenvalue weighted by atomic mass is 9.91. The highest BCUT2D eigenvalue weighted by atomic mass is 16.1. The van der Waals surface area contributed by atoms with Crippen LogP contribution in [0.25, 0.3) is 0 Å². The van der Waals surface area contributed by atoms with Crippen LogP contribution >= 0.6 is 0 Å². The third-order valence-electron chi connectivity index (χ3n) is 3.88. The number of nitrogens with zero attached hydrogens (tertiary/aromatic N) is 1. The largest absolute Gasteiger partial charge is 0.366 e. The Morgan fingerprint density at radius 1 is 1.28 bits per heavy atom. The Bertz CT molecular complexity index is 480. The third-order valence-corrected chi connectivity index (χ3v) is 3.88. The van der Waals surface area contributed by atoms with Gasteiger partial charge in [0.15, 0.2) is 0 Å². The third kappa shape index (κ3) is 2.56. The van der Waals surface area contributed by atoms with Gasteiger partial charge >= 0.3 is 0 Å². The molecule has 2 aliphatic carbocycles. The molecule has 1 heterocycles. The summed E-state index contributed by atoms with van der Waals surface area (Å²) < 4.78 is 0. The van der Waals surface area contributed by atoms with E-state index in [0.717, 1.165) is 31.5 Å². The van der Waals surface area contributed by atoms with E-state index in [-0.39, 0.29) is 17.6 Å².